The Labute approximate surface area is 129 Å². The maximum atomic E-state index is 6.27. The first-order valence-electron chi connectivity index (χ1n) is 6.84. The van der Waals surface area contributed by atoms with E-state index >= 15 is 0 Å². The average Bonchev–Trinajstić information content (AvgIpc) is 2.41. The number of hydrogen-bond acceptors (Lipinski definition) is 2. The Balaban J connectivity index is 2.20. The standard InChI is InChI=1S/C17H20BrNO/c1-12(2)10-17(19)15-11-14(8-9-16(15)18)20-13-6-4-3-5-7-13/h3-9,11-12,17H,10,19H2,1-2H3. The molecule has 0 fully saturated rings. The summed E-state index contributed by atoms with van der Waals surface area (Å²) in [6.45, 7) is 4.36. The van der Waals surface area contributed by atoms with Gasteiger partial charge in [0.25, 0.3) is 0 Å². The van der Waals surface area contributed by atoms with Gasteiger partial charge in [-0.1, -0.05) is 48.0 Å². The molecule has 2 nitrogen and oxygen atoms in total. The highest BCUT2D eigenvalue weighted by atomic mass is 79.9. The highest BCUT2D eigenvalue weighted by Gasteiger charge is 2.13. The first kappa shape index (κ1) is 15.1. The van der Waals surface area contributed by atoms with E-state index in [1.807, 2.05) is 48.5 Å². The van der Waals surface area contributed by atoms with Gasteiger partial charge in [-0.2, -0.15) is 0 Å². The van der Waals surface area contributed by atoms with Crippen molar-refractivity contribution in [2.45, 2.75) is 26.3 Å². The Morgan fingerprint density at radius 3 is 2.40 bits per heavy atom. The van der Waals surface area contributed by atoms with Gasteiger partial charge in [0.1, 0.15) is 11.5 Å². The first-order chi connectivity index (χ1) is 9.56. The maximum absolute atomic E-state index is 6.27. The van der Waals surface area contributed by atoms with Crippen molar-refractivity contribution in [2.75, 3.05) is 0 Å². The maximum Gasteiger partial charge on any atom is 0.127 e. The summed E-state index contributed by atoms with van der Waals surface area (Å²) in [7, 11) is 0. The first-order valence-corrected chi connectivity index (χ1v) is 7.63. The molecule has 0 amide bonds. The van der Waals surface area contributed by atoms with E-state index in [1.54, 1.807) is 0 Å². The summed E-state index contributed by atoms with van der Waals surface area (Å²) in [5, 5.41) is 0. The molecule has 0 aliphatic rings. The third kappa shape index (κ3) is 4.09. The molecule has 20 heavy (non-hydrogen) atoms. The number of rotatable bonds is 5. The van der Waals surface area contributed by atoms with Crippen LogP contribution in [0.25, 0.3) is 0 Å². The molecule has 2 aromatic carbocycles. The van der Waals surface area contributed by atoms with Crippen molar-refractivity contribution in [1.29, 1.82) is 0 Å². The zero-order valence-corrected chi connectivity index (χ0v) is 13.4. The topological polar surface area (TPSA) is 35.2 Å². The Morgan fingerprint density at radius 2 is 1.75 bits per heavy atom. The molecule has 0 aliphatic carbocycles. The molecule has 0 aromatic heterocycles. The monoisotopic (exact) mass is 333 g/mol. The third-order valence-electron chi connectivity index (χ3n) is 3.07. The van der Waals surface area contributed by atoms with E-state index in [9.17, 15) is 0 Å². The van der Waals surface area contributed by atoms with E-state index in [-0.39, 0.29) is 6.04 Å². The Bertz CT molecular complexity index is 554. The molecule has 3 heteroatoms. The summed E-state index contributed by atoms with van der Waals surface area (Å²) in [6.07, 6.45) is 0.952. The SMILES string of the molecule is CC(C)CC(N)c1cc(Oc2ccccc2)ccc1Br. The Hall–Kier alpha value is -1.32. The molecule has 2 N–H and O–H groups in total. The molecule has 0 saturated heterocycles. The van der Waals surface area contributed by atoms with Crippen LogP contribution in [0.2, 0.25) is 0 Å². The normalized spacial score (nSPS) is 12.4. The van der Waals surface area contributed by atoms with Crippen molar-refractivity contribution in [3.63, 3.8) is 0 Å². The van der Waals surface area contributed by atoms with E-state index in [0.29, 0.717) is 5.92 Å². The molecule has 0 heterocycles. The minimum absolute atomic E-state index is 0.0173. The van der Waals surface area contributed by atoms with Crippen LogP contribution in [-0.4, -0.2) is 0 Å². The van der Waals surface area contributed by atoms with Crippen LogP contribution in [0, 0.1) is 5.92 Å². The van der Waals surface area contributed by atoms with Gasteiger partial charge in [-0.25, -0.2) is 0 Å². The molecule has 2 aromatic rings. The van der Waals surface area contributed by atoms with Gasteiger partial charge in [-0.15, -0.1) is 0 Å². The molecular weight excluding hydrogens is 314 g/mol. The largest absolute Gasteiger partial charge is 0.457 e. The minimum atomic E-state index is 0.0173. The third-order valence-corrected chi connectivity index (χ3v) is 3.79. The molecule has 0 aliphatic heterocycles. The number of halogens is 1. The fourth-order valence-corrected chi connectivity index (χ4v) is 2.67. The van der Waals surface area contributed by atoms with Crippen molar-refractivity contribution in [3.05, 3.63) is 58.6 Å². The van der Waals surface area contributed by atoms with Gasteiger partial charge < -0.3 is 10.5 Å². The van der Waals surface area contributed by atoms with E-state index in [1.165, 1.54) is 0 Å². The minimum Gasteiger partial charge on any atom is -0.457 e. The van der Waals surface area contributed by atoms with Crippen molar-refractivity contribution in [1.82, 2.24) is 0 Å². The summed E-state index contributed by atoms with van der Waals surface area (Å²) in [5.41, 5.74) is 7.36. The summed E-state index contributed by atoms with van der Waals surface area (Å²) >= 11 is 3.57. The second-order valence-corrected chi connectivity index (χ2v) is 6.19. The summed E-state index contributed by atoms with van der Waals surface area (Å²) in [4.78, 5) is 0. The zero-order valence-electron chi connectivity index (χ0n) is 11.8. The molecule has 106 valence electrons. The van der Waals surface area contributed by atoms with Crippen LogP contribution in [0.15, 0.2) is 53.0 Å². The quantitative estimate of drug-likeness (QED) is 0.806. The number of hydrogen-bond donors (Lipinski definition) is 1. The van der Waals surface area contributed by atoms with Crippen LogP contribution in [-0.2, 0) is 0 Å². The van der Waals surface area contributed by atoms with E-state index in [2.05, 4.69) is 29.8 Å². The van der Waals surface area contributed by atoms with Crippen LogP contribution in [0.1, 0.15) is 31.9 Å². The van der Waals surface area contributed by atoms with Gasteiger partial charge in [-0.3, -0.25) is 0 Å². The van der Waals surface area contributed by atoms with Gasteiger partial charge in [-0.05, 0) is 48.2 Å². The lowest BCUT2D eigenvalue weighted by Gasteiger charge is -2.17. The molecule has 2 rings (SSSR count). The molecule has 0 bridgehead atoms. The smallest absolute Gasteiger partial charge is 0.127 e. The predicted molar refractivity (Wildman–Crippen MR) is 87.0 cm³/mol. The molecular formula is C17H20BrNO. The van der Waals surface area contributed by atoms with Crippen LogP contribution in [0.3, 0.4) is 0 Å². The molecule has 0 spiro atoms. The summed E-state index contributed by atoms with van der Waals surface area (Å²) < 4.78 is 6.89. The fourth-order valence-electron chi connectivity index (χ4n) is 2.13. The van der Waals surface area contributed by atoms with E-state index in [4.69, 9.17) is 10.5 Å². The van der Waals surface area contributed by atoms with Crippen molar-refractivity contribution in [3.8, 4) is 11.5 Å². The molecule has 0 saturated carbocycles. The van der Waals surface area contributed by atoms with Crippen LogP contribution in [0.5, 0.6) is 11.5 Å². The van der Waals surface area contributed by atoms with Gasteiger partial charge in [0.05, 0.1) is 0 Å². The lowest BCUT2D eigenvalue weighted by Crippen LogP contribution is -2.13. The van der Waals surface area contributed by atoms with Gasteiger partial charge >= 0.3 is 0 Å². The zero-order chi connectivity index (χ0) is 14.5. The number of para-hydroxylation sites is 1. The second kappa shape index (κ2) is 6.91. The lowest BCUT2D eigenvalue weighted by molar-refractivity contribution is 0.476. The van der Waals surface area contributed by atoms with E-state index < -0.39 is 0 Å². The van der Waals surface area contributed by atoms with Crippen LogP contribution >= 0.6 is 15.9 Å². The lowest BCUT2D eigenvalue weighted by atomic mass is 9.98. The average molecular weight is 334 g/mol. The van der Waals surface area contributed by atoms with Crippen molar-refractivity contribution >= 4 is 15.9 Å². The highest BCUT2D eigenvalue weighted by Crippen LogP contribution is 2.31. The molecule has 1 unspecified atom stereocenters. The number of nitrogens with two attached hydrogens (primary N) is 1. The Kier molecular flexibility index (Phi) is 5.21. The Morgan fingerprint density at radius 1 is 1.05 bits per heavy atom. The predicted octanol–water partition coefficient (Wildman–Crippen LogP) is 5.29. The summed E-state index contributed by atoms with van der Waals surface area (Å²) in [6, 6.07) is 15.7. The highest BCUT2D eigenvalue weighted by molar-refractivity contribution is 9.10. The van der Waals surface area contributed by atoms with Gasteiger partial charge in [0.2, 0.25) is 0 Å². The number of ether oxygens (including phenoxy) is 1. The van der Waals surface area contributed by atoms with Gasteiger partial charge in [0, 0.05) is 10.5 Å². The number of benzene rings is 2. The van der Waals surface area contributed by atoms with Crippen molar-refractivity contribution in [2.24, 2.45) is 11.7 Å². The van der Waals surface area contributed by atoms with Crippen LogP contribution < -0.4 is 10.5 Å². The van der Waals surface area contributed by atoms with Gasteiger partial charge in [0.15, 0.2) is 0 Å². The van der Waals surface area contributed by atoms with Crippen molar-refractivity contribution < 1.29 is 4.74 Å². The van der Waals surface area contributed by atoms with Crippen LogP contribution in [0.4, 0.5) is 0 Å². The molecule has 0 radical (unpaired) electrons. The summed E-state index contributed by atoms with van der Waals surface area (Å²) in [5.74, 6) is 2.21. The second-order valence-electron chi connectivity index (χ2n) is 5.33. The molecule has 1 atom stereocenters. The van der Waals surface area contributed by atoms with E-state index in [0.717, 1.165) is 28.0 Å². The fraction of sp³-hybridized carbons (Fsp3) is 0.294.